The van der Waals surface area contributed by atoms with Crippen molar-refractivity contribution in [3.8, 4) is 0 Å². The van der Waals surface area contributed by atoms with Crippen molar-refractivity contribution < 1.29 is 9.18 Å². The van der Waals surface area contributed by atoms with E-state index in [0.29, 0.717) is 28.6 Å². The number of anilines is 1. The van der Waals surface area contributed by atoms with Crippen molar-refractivity contribution in [2.45, 2.75) is 20.0 Å². The summed E-state index contributed by atoms with van der Waals surface area (Å²) in [5, 5.41) is 11.3. The third-order valence-corrected chi connectivity index (χ3v) is 3.87. The van der Waals surface area contributed by atoms with Crippen molar-refractivity contribution in [1.29, 1.82) is 0 Å². The maximum Gasteiger partial charge on any atom is 0.275 e. The molecule has 0 bridgehead atoms. The molecule has 1 aromatic carbocycles. The zero-order valence-corrected chi connectivity index (χ0v) is 13.7. The first kappa shape index (κ1) is 16.2. The van der Waals surface area contributed by atoms with Crippen molar-refractivity contribution in [2.24, 2.45) is 0 Å². The molecular weight excluding hydrogens is 333 g/mol. The molecule has 24 heavy (non-hydrogen) atoms. The largest absolute Gasteiger partial charge is 0.304 e. The molecule has 0 aliphatic heterocycles. The monoisotopic (exact) mass is 347 g/mol. The molecule has 3 rings (SSSR count). The third-order valence-electron chi connectivity index (χ3n) is 3.51. The molecule has 0 fully saturated rings. The molecule has 0 aliphatic rings. The molecule has 0 unspecified atom stereocenters. The number of carbonyl (C=O) groups is 1. The van der Waals surface area contributed by atoms with Gasteiger partial charge in [-0.3, -0.25) is 14.2 Å². The highest BCUT2D eigenvalue weighted by molar-refractivity contribution is 6.31. The Balaban J connectivity index is 1.73. The number of carbonyl (C=O) groups excluding carboxylic acids is 1. The van der Waals surface area contributed by atoms with Gasteiger partial charge in [0.2, 0.25) is 0 Å². The fourth-order valence-electron chi connectivity index (χ4n) is 2.32. The second kappa shape index (κ2) is 6.84. The van der Waals surface area contributed by atoms with E-state index in [2.05, 4.69) is 15.5 Å². The van der Waals surface area contributed by atoms with E-state index in [0.717, 1.165) is 0 Å². The molecule has 8 heteroatoms. The highest BCUT2D eigenvalue weighted by Crippen LogP contribution is 2.20. The van der Waals surface area contributed by atoms with E-state index in [-0.39, 0.29) is 12.5 Å². The number of hydrogen-bond acceptors (Lipinski definition) is 3. The Hall–Kier alpha value is -2.67. The zero-order valence-electron chi connectivity index (χ0n) is 12.9. The fraction of sp³-hybridized carbons (Fsp3) is 0.188. The molecule has 0 spiro atoms. The Morgan fingerprint density at radius 3 is 2.92 bits per heavy atom. The van der Waals surface area contributed by atoms with Crippen LogP contribution in [0.3, 0.4) is 0 Å². The predicted molar refractivity (Wildman–Crippen MR) is 88.6 cm³/mol. The Morgan fingerprint density at radius 2 is 2.17 bits per heavy atom. The van der Waals surface area contributed by atoms with Crippen LogP contribution in [0.2, 0.25) is 5.02 Å². The quantitative estimate of drug-likeness (QED) is 0.770. The fourth-order valence-corrected chi connectivity index (χ4v) is 2.54. The van der Waals surface area contributed by atoms with Gasteiger partial charge in [0, 0.05) is 35.6 Å². The number of hydrogen-bond donors (Lipinski definition) is 1. The van der Waals surface area contributed by atoms with Crippen LogP contribution < -0.4 is 5.32 Å². The standard InChI is InChI=1S/C16H15ClFN5O/c1-2-23-14(6-8-19-23)16(24)20-15-7-9-22(21-15)10-11-12(17)4-3-5-13(11)18/h3-9H,2,10H2,1H3,(H,20,21,24). The molecule has 3 aromatic rings. The van der Waals surface area contributed by atoms with E-state index in [1.807, 2.05) is 6.92 Å². The van der Waals surface area contributed by atoms with E-state index in [1.54, 1.807) is 41.3 Å². The molecule has 2 heterocycles. The minimum absolute atomic E-state index is 0.175. The van der Waals surface area contributed by atoms with Gasteiger partial charge in [0.25, 0.3) is 5.91 Å². The summed E-state index contributed by atoms with van der Waals surface area (Å²) in [4.78, 5) is 12.2. The van der Waals surface area contributed by atoms with Crippen LogP contribution in [0.1, 0.15) is 23.0 Å². The van der Waals surface area contributed by atoms with Crippen LogP contribution in [0.4, 0.5) is 10.2 Å². The second-order valence-electron chi connectivity index (χ2n) is 5.09. The first-order valence-corrected chi connectivity index (χ1v) is 7.75. The molecule has 124 valence electrons. The average molecular weight is 348 g/mol. The maximum absolute atomic E-state index is 13.8. The summed E-state index contributed by atoms with van der Waals surface area (Å²) in [6, 6.07) is 7.79. The van der Waals surface area contributed by atoms with Gasteiger partial charge in [-0.2, -0.15) is 10.2 Å². The van der Waals surface area contributed by atoms with E-state index < -0.39 is 5.82 Å². The lowest BCUT2D eigenvalue weighted by atomic mass is 10.2. The molecular formula is C16H15ClFN5O. The van der Waals surface area contributed by atoms with Crippen LogP contribution >= 0.6 is 11.6 Å². The van der Waals surface area contributed by atoms with Gasteiger partial charge in [0.15, 0.2) is 5.82 Å². The Kier molecular flexibility index (Phi) is 4.61. The lowest BCUT2D eigenvalue weighted by molar-refractivity contribution is 0.101. The summed E-state index contributed by atoms with van der Waals surface area (Å²) in [6.07, 6.45) is 3.21. The minimum atomic E-state index is -0.393. The lowest BCUT2D eigenvalue weighted by Gasteiger charge is -2.06. The van der Waals surface area contributed by atoms with Crippen molar-refractivity contribution in [3.63, 3.8) is 0 Å². The summed E-state index contributed by atoms with van der Waals surface area (Å²) >= 11 is 6.01. The van der Waals surface area contributed by atoms with Crippen LogP contribution in [0.15, 0.2) is 42.7 Å². The highest BCUT2D eigenvalue weighted by Gasteiger charge is 2.13. The van der Waals surface area contributed by atoms with Crippen molar-refractivity contribution in [3.05, 3.63) is 64.8 Å². The molecule has 0 saturated carbocycles. The van der Waals surface area contributed by atoms with Gasteiger partial charge < -0.3 is 5.32 Å². The minimum Gasteiger partial charge on any atom is -0.304 e. The molecule has 1 amide bonds. The summed E-state index contributed by atoms with van der Waals surface area (Å²) in [6.45, 7) is 2.67. The van der Waals surface area contributed by atoms with E-state index in [4.69, 9.17) is 11.6 Å². The molecule has 0 radical (unpaired) electrons. The predicted octanol–water partition coefficient (Wildman–Crippen LogP) is 3.19. The third kappa shape index (κ3) is 3.30. The van der Waals surface area contributed by atoms with Crippen LogP contribution in [0.5, 0.6) is 0 Å². The van der Waals surface area contributed by atoms with Gasteiger partial charge >= 0.3 is 0 Å². The SMILES string of the molecule is CCn1nccc1C(=O)Nc1ccn(Cc2c(F)cccc2Cl)n1. The van der Waals surface area contributed by atoms with Gasteiger partial charge in [0.05, 0.1) is 6.54 Å². The summed E-state index contributed by atoms with van der Waals surface area (Å²) in [7, 11) is 0. The van der Waals surface area contributed by atoms with Crippen molar-refractivity contribution in [1.82, 2.24) is 19.6 Å². The number of aryl methyl sites for hydroxylation is 1. The first-order chi connectivity index (χ1) is 11.6. The maximum atomic E-state index is 13.8. The molecule has 1 N–H and O–H groups in total. The number of rotatable bonds is 5. The second-order valence-corrected chi connectivity index (χ2v) is 5.49. The van der Waals surface area contributed by atoms with Gasteiger partial charge in [-0.1, -0.05) is 17.7 Å². The molecule has 0 saturated heterocycles. The van der Waals surface area contributed by atoms with E-state index >= 15 is 0 Å². The van der Waals surface area contributed by atoms with Crippen LogP contribution in [-0.2, 0) is 13.1 Å². The van der Waals surface area contributed by atoms with Crippen LogP contribution in [0.25, 0.3) is 0 Å². The Morgan fingerprint density at radius 1 is 1.33 bits per heavy atom. The molecule has 0 atom stereocenters. The van der Waals surface area contributed by atoms with Gasteiger partial charge in [0.1, 0.15) is 11.5 Å². The zero-order chi connectivity index (χ0) is 17.1. The van der Waals surface area contributed by atoms with Gasteiger partial charge in [-0.05, 0) is 25.1 Å². The van der Waals surface area contributed by atoms with Gasteiger partial charge in [-0.25, -0.2) is 4.39 Å². The lowest BCUT2D eigenvalue weighted by Crippen LogP contribution is -2.17. The average Bonchev–Trinajstić information content (AvgIpc) is 3.20. The summed E-state index contributed by atoms with van der Waals surface area (Å²) in [5.41, 5.74) is 0.799. The van der Waals surface area contributed by atoms with Crippen LogP contribution in [-0.4, -0.2) is 25.5 Å². The highest BCUT2D eigenvalue weighted by atomic mass is 35.5. The van der Waals surface area contributed by atoms with Crippen LogP contribution in [0, 0.1) is 5.82 Å². The number of aromatic nitrogens is 4. The number of nitrogens with one attached hydrogen (secondary N) is 1. The van der Waals surface area contributed by atoms with Crippen molar-refractivity contribution in [2.75, 3.05) is 5.32 Å². The topological polar surface area (TPSA) is 64.7 Å². The first-order valence-electron chi connectivity index (χ1n) is 7.38. The van der Waals surface area contributed by atoms with E-state index in [1.165, 1.54) is 10.7 Å². The summed E-state index contributed by atoms with van der Waals surface area (Å²) < 4.78 is 16.9. The molecule has 0 aliphatic carbocycles. The Labute approximate surface area is 142 Å². The normalized spacial score (nSPS) is 10.8. The number of nitrogens with zero attached hydrogens (tertiary/aromatic N) is 4. The number of amides is 1. The smallest absolute Gasteiger partial charge is 0.275 e. The van der Waals surface area contributed by atoms with Gasteiger partial charge in [-0.15, -0.1) is 0 Å². The van der Waals surface area contributed by atoms with E-state index in [9.17, 15) is 9.18 Å². The number of halogens is 2. The Bertz CT molecular complexity index is 853. The molecule has 6 nitrogen and oxygen atoms in total. The number of benzene rings is 1. The summed E-state index contributed by atoms with van der Waals surface area (Å²) in [5.74, 6) is -0.324. The molecule has 2 aromatic heterocycles. The van der Waals surface area contributed by atoms with Crippen molar-refractivity contribution >= 4 is 23.3 Å².